The van der Waals surface area contributed by atoms with E-state index in [1.165, 1.54) is 5.56 Å². The van der Waals surface area contributed by atoms with Gasteiger partial charge in [0, 0.05) is 21.2 Å². The number of anilines is 1. The number of aryl methyl sites for hydroxylation is 3. The Morgan fingerprint density at radius 1 is 0.971 bits per heavy atom. The molecular formula is C28H27Cl2N3O2. The minimum atomic E-state index is -0.208. The molecule has 0 bridgehead atoms. The summed E-state index contributed by atoms with van der Waals surface area (Å²) in [7, 11) is 0. The highest BCUT2D eigenvalue weighted by atomic mass is 35.5. The van der Waals surface area contributed by atoms with E-state index in [0.29, 0.717) is 40.1 Å². The van der Waals surface area contributed by atoms with Crippen molar-refractivity contribution in [1.82, 2.24) is 9.78 Å². The molecule has 1 N–H and O–H groups in total. The van der Waals surface area contributed by atoms with Gasteiger partial charge in [-0.25, -0.2) is 0 Å². The predicted molar refractivity (Wildman–Crippen MR) is 142 cm³/mol. The van der Waals surface area contributed by atoms with Crippen molar-refractivity contribution in [2.75, 3.05) is 5.32 Å². The summed E-state index contributed by atoms with van der Waals surface area (Å²) in [6.45, 7) is 8.64. The van der Waals surface area contributed by atoms with Crippen LogP contribution in [0.1, 0.15) is 44.0 Å². The Morgan fingerprint density at radius 2 is 1.69 bits per heavy atom. The van der Waals surface area contributed by atoms with E-state index < -0.39 is 0 Å². The number of carbonyl (C=O) groups excluding carboxylic acids is 1. The Kier molecular flexibility index (Phi) is 7.48. The summed E-state index contributed by atoms with van der Waals surface area (Å²) < 4.78 is 7.78. The molecule has 1 heterocycles. The number of amides is 1. The second-order valence-corrected chi connectivity index (χ2v) is 9.43. The van der Waals surface area contributed by atoms with E-state index in [9.17, 15) is 4.79 Å². The van der Waals surface area contributed by atoms with Gasteiger partial charge >= 0.3 is 0 Å². The molecule has 5 nitrogen and oxygen atoms in total. The fourth-order valence-corrected chi connectivity index (χ4v) is 4.49. The molecule has 0 aliphatic heterocycles. The normalized spacial score (nSPS) is 10.9. The van der Waals surface area contributed by atoms with Gasteiger partial charge in [0.25, 0.3) is 5.91 Å². The first-order valence-corrected chi connectivity index (χ1v) is 12.1. The number of hydrogen-bond donors (Lipinski definition) is 1. The van der Waals surface area contributed by atoms with Crippen molar-refractivity contribution in [2.45, 2.75) is 40.8 Å². The maximum Gasteiger partial charge on any atom is 0.255 e. The minimum Gasteiger partial charge on any atom is -0.489 e. The smallest absolute Gasteiger partial charge is 0.255 e. The van der Waals surface area contributed by atoms with Gasteiger partial charge in [-0.05, 0) is 69.2 Å². The molecule has 4 aromatic rings. The van der Waals surface area contributed by atoms with E-state index in [2.05, 4.69) is 23.4 Å². The van der Waals surface area contributed by atoms with Crippen LogP contribution in [-0.4, -0.2) is 15.7 Å². The first kappa shape index (κ1) is 24.8. The maximum atomic E-state index is 13.1. The van der Waals surface area contributed by atoms with Crippen LogP contribution < -0.4 is 10.1 Å². The second-order valence-electron chi connectivity index (χ2n) is 8.62. The highest BCUT2D eigenvalue weighted by molar-refractivity contribution is 6.36. The van der Waals surface area contributed by atoms with Crippen molar-refractivity contribution >= 4 is 34.8 Å². The highest BCUT2D eigenvalue weighted by Crippen LogP contribution is 2.28. The number of hydrogen-bond acceptors (Lipinski definition) is 3. The van der Waals surface area contributed by atoms with Gasteiger partial charge in [-0.3, -0.25) is 9.48 Å². The van der Waals surface area contributed by atoms with Crippen molar-refractivity contribution in [3.05, 3.63) is 110 Å². The fourth-order valence-electron chi connectivity index (χ4n) is 3.98. The summed E-state index contributed by atoms with van der Waals surface area (Å²) in [4.78, 5) is 13.1. The molecule has 7 heteroatoms. The molecule has 0 fully saturated rings. The maximum absolute atomic E-state index is 13.1. The molecule has 1 amide bonds. The van der Waals surface area contributed by atoms with Gasteiger partial charge in [-0.2, -0.15) is 5.10 Å². The molecule has 1 aromatic heterocycles. The van der Waals surface area contributed by atoms with Crippen LogP contribution in [0.3, 0.4) is 0 Å². The number of carbonyl (C=O) groups is 1. The fraction of sp³-hybridized carbons (Fsp3) is 0.214. The average Bonchev–Trinajstić information content (AvgIpc) is 3.08. The predicted octanol–water partition coefficient (Wildman–Crippen LogP) is 7.30. The molecule has 180 valence electrons. The summed E-state index contributed by atoms with van der Waals surface area (Å²) in [5, 5.41) is 8.77. The summed E-state index contributed by atoms with van der Waals surface area (Å²) in [6, 6.07) is 18.9. The summed E-state index contributed by atoms with van der Waals surface area (Å²) in [5.41, 5.74) is 6.74. The van der Waals surface area contributed by atoms with Crippen LogP contribution in [0.2, 0.25) is 10.0 Å². The molecule has 0 saturated carbocycles. The van der Waals surface area contributed by atoms with Crippen LogP contribution in [-0.2, 0) is 13.2 Å². The molecule has 0 spiro atoms. The molecule has 0 aliphatic rings. The van der Waals surface area contributed by atoms with E-state index in [-0.39, 0.29) is 5.91 Å². The van der Waals surface area contributed by atoms with Crippen LogP contribution >= 0.6 is 23.2 Å². The Balaban J connectivity index is 1.48. The third-order valence-corrected chi connectivity index (χ3v) is 6.61. The molecule has 0 radical (unpaired) electrons. The number of ether oxygens (including phenoxy) is 1. The van der Waals surface area contributed by atoms with E-state index in [0.717, 1.165) is 28.1 Å². The topological polar surface area (TPSA) is 56.1 Å². The van der Waals surface area contributed by atoms with E-state index >= 15 is 0 Å². The van der Waals surface area contributed by atoms with Crippen LogP contribution in [0.25, 0.3) is 0 Å². The number of nitrogens with zero attached hydrogens (tertiary/aromatic N) is 2. The Bertz CT molecular complexity index is 1370. The Morgan fingerprint density at radius 3 is 2.40 bits per heavy atom. The van der Waals surface area contributed by atoms with Crippen molar-refractivity contribution in [3.63, 3.8) is 0 Å². The van der Waals surface area contributed by atoms with Gasteiger partial charge in [0.1, 0.15) is 12.4 Å². The molecule has 0 saturated heterocycles. The molecule has 0 atom stereocenters. The number of rotatable bonds is 7. The summed E-state index contributed by atoms with van der Waals surface area (Å²) in [6.07, 6.45) is 0. The monoisotopic (exact) mass is 507 g/mol. The zero-order valence-electron chi connectivity index (χ0n) is 20.2. The highest BCUT2D eigenvalue weighted by Gasteiger charge is 2.17. The molecular weight excluding hydrogens is 481 g/mol. The number of benzene rings is 3. The molecule has 0 unspecified atom stereocenters. The standard InChI is InChI=1S/C28H27Cl2N3O2/c1-17-11-12-26(18(2)13-17)35-16-21-7-5-8-22(14-21)28(34)31-27-19(3)32-33(20(27)4)15-23-24(29)9-6-10-25(23)30/h5-14H,15-16H2,1-4H3,(H,31,34). The molecule has 0 aliphatic carbocycles. The van der Waals surface area contributed by atoms with E-state index in [1.807, 2.05) is 57.2 Å². The van der Waals surface area contributed by atoms with Crippen molar-refractivity contribution < 1.29 is 9.53 Å². The lowest BCUT2D eigenvalue weighted by molar-refractivity contribution is 0.102. The van der Waals surface area contributed by atoms with Gasteiger partial charge in [0.15, 0.2) is 0 Å². The summed E-state index contributed by atoms with van der Waals surface area (Å²) in [5.74, 6) is 0.627. The van der Waals surface area contributed by atoms with Crippen LogP contribution in [0.4, 0.5) is 5.69 Å². The quantitative estimate of drug-likeness (QED) is 0.285. The summed E-state index contributed by atoms with van der Waals surface area (Å²) >= 11 is 12.7. The van der Waals surface area contributed by atoms with Crippen LogP contribution in [0.15, 0.2) is 60.7 Å². The van der Waals surface area contributed by atoms with Crippen LogP contribution in [0.5, 0.6) is 5.75 Å². The number of halogens is 2. The van der Waals surface area contributed by atoms with Gasteiger partial charge in [0.05, 0.1) is 23.6 Å². The van der Waals surface area contributed by atoms with Crippen LogP contribution in [0, 0.1) is 27.7 Å². The Hall–Kier alpha value is -3.28. The van der Waals surface area contributed by atoms with Gasteiger partial charge in [-0.15, -0.1) is 0 Å². The SMILES string of the molecule is Cc1ccc(OCc2cccc(C(=O)Nc3c(C)nn(Cc4c(Cl)cccc4Cl)c3C)c2)c(C)c1. The minimum absolute atomic E-state index is 0.208. The largest absolute Gasteiger partial charge is 0.489 e. The van der Waals surface area contributed by atoms with Gasteiger partial charge < -0.3 is 10.1 Å². The van der Waals surface area contributed by atoms with E-state index in [1.54, 1.807) is 22.9 Å². The lowest BCUT2D eigenvalue weighted by Gasteiger charge is -2.11. The van der Waals surface area contributed by atoms with Crippen molar-refractivity contribution in [2.24, 2.45) is 0 Å². The Labute approximate surface area is 215 Å². The average molecular weight is 508 g/mol. The molecule has 3 aromatic carbocycles. The molecule has 35 heavy (non-hydrogen) atoms. The first-order chi connectivity index (χ1) is 16.7. The van der Waals surface area contributed by atoms with Crippen molar-refractivity contribution in [1.29, 1.82) is 0 Å². The van der Waals surface area contributed by atoms with Crippen molar-refractivity contribution in [3.8, 4) is 5.75 Å². The zero-order valence-corrected chi connectivity index (χ0v) is 21.7. The zero-order chi connectivity index (χ0) is 25.1. The lowest BCUT2D eigenvalue weighted by Crippen LogP contribution is -2.14. The number of aromatic nitrogens is 2. The molecule has 4 rings (SSSR count). The van der Waals surface area contributed by atoms with Gasteiger partial charge in [-0.1, -0.05) is 59.1 Å². The second kappa shape index (κ2) is 10.5. The van der Waals surface area contributed by atoms with E-state index in [4.69, 9.17) is 27.9 Å². The third kappa shape index (κ3) is 5.69. The van der Waals surface area contributed by atoms with Gasteiger partial charge in [0.2, 0.25) is 0 Å². The first-order valence-electron chi connectivity index (χ1n) is 11.3. The third-order valence-electron chi connectivity index (χ3n) is 5.90. The lowest BCUT2D eigenvalue weighted by atomic mass is 10.1. The number of nitrogens with one attached hydrogen (secondary N) is 1.